The van der Waals surface area contributed by atoms with Gasteiger partial charge in [0.2, 0.25) is 0 Å². The van der Waals surface area contributed by atoms with Crippen LogP contribution in [-0.4, -0.2) is 32.9 Å². The largest absolute Gasteiger partial charge is 0.496 e. The van der Waals surface area contributed by atoms with Crippen LogP contribution in [0.4, 0.5) is 0 Å². The fraction of sp³-hybridized carbons (Fsp3) is 0.600. The molecule has 21 heavy (non-hydrogen) atoms. The van der Waals surface area contributed by atoms with Crippen molar-refractivity contribution in [2.45, 2.75) is 39.2 Å². The van der Waals surface area contributed by atoms with Crippen molar-refractivity contribution >= 4 is 10.2 Å². The van der Waals surface area contributed by atoms with Gasteiger partial charge in [-0.15, -0.1) is 0 Å². The van der Waals surface area contributed by atoms with Crippen molar-refractivity contribution in [1.29, 1.82) is 0 Å². The van der Waals surface area contributed by atoms with E-state index in [2.05, 4.69) is 4.72 Å². The molecule has 1 aliphatic rings. The van der Waals surface area contributed by atoms with Crippen molar-refractivity contribution < 1.29 is 13.2 Å². The van der Waals surface area contributed by atoms with Crippen LogP contribution in [0.3, 0.4) is 0 Å². The summed E-state index contributed by atoms with van der Waals surface area (Å²) in [6.07, 6.45) is 2.97. The molecule has 1 aromatic carbocycles. The fourth-order valence-electron chi connectivity index (χ4n) is 2.66. The lowest BCUT2D eigenvalue weighted by molar-refractivity contribution is 0.338. The van der Waals surface area contributed by atoms with E-state index in [9.17, 15) is 8.42 Å². The van der Waals surface area contributed by atoms with E-state index in [0.717, 1.165) is 30.4 Å². The molecule has 1 N–H and O–H groups in total. The predicted molar refractivity (Wildman–Crippen MR) is 83.6 cm³/mol. The number of rotatable bonds is 5. The lowest BCUT2D eigenvalue weighted by Gasteiger charge is -2.28. The average Bonchev–Trinajstić information content (AvgIpc) is 2.47. The van der Waals surface area contributed by atoms with Crippen LogP contribution in [0.2, 0.25) is 0 Å². The first-order chi connectivity index (χ1) is 9.94. The summed E-state index contributed by atoms with van der Waals surface area (Å²) in [4.78, 5) is 0. The molecule has 0 saturated carbocycles. The van der Waals surface area contributed by atoms with E-state index in [-0.39, 0.29) is 6.04 Å². The Balaban J connectivity index is 2.16. The number of nitrogens with zero attached hydrogens (tertiary/aromatic N) is 1. The van der Waals surface area contributed by atoms with Crippen LogP contribution >= 0.6 is 0 Å². The van der Waals surface area contributed by atoms with Gasteiger partial charge in [0.05, 0.1) is 7.11 Å². The Morgan fingerprint density at radius 1 is 1.24 bits per heavy atom. The third-order valence-electron chi connectivity index (χ3n) is 3.83. The number of ether oxygens (including phenoxy) is 1. The molecular weight excluding hydrogens is 288 g/mol. The number of nitrogens with one attached hydrogen (secondary N) is 1. The van der Waals surface area contributed by atoms with E-state index in [1.807, 2.05) is 32.0 Å². The summed E-state index contributed by atoms with van der Waals surface area (Å²) >= 11 is 0. The minimum Gasteiger partial charge on any atom is -0.496 e. The second kappa shape index (κ2) is 6.77. The summed E-state index contributed by atoms with van der Waals surface area (Å²) in [5.41, 5.74) is 1.94. The zero-order valence-corrected chi connectivity index (χ0v) is 13.7. The highest BCUT2D eigenvalue weighted by Crippen LogP contribution is 2.27. The molecule has 0 aliphatic carbocycles. The Morgan fingerprint density at radius 3 is 2.52 bits per heavy atom. The zero-order chi connectivity index (χ0) is 15.5. The SMILES string of the molecule is COc1ccc(C)cc1C(C)NS(=O)(=O)N1CCCCC1. The van der Waals surface area contributed by atoms with Crippen LogP contribution in [0.15, 0.2) is 18.2 Å². The fourth-order valence-corrected chi connectivity index (χ4v) is 4.12. The maximum atomic E-state index is 12.4. The van der Waals surface area contributed by atoms with Crippen LogP contribution in [0.25, 0.3) is 0 Å². The molecule has 0 spiro atoms. The Hall–Kier alpha value is -1.11. The van der Waals surface area contributed by atoms with Crippen molar-refractivity contribution in [1.82, 2.24) is 9.03 Å². The Labute approximate surface area is 127 Å². The van der Waals surface area contributed by atoms with Crippen molar-refractivity contribution in [2.24, 2.45) is 0 Å². The third-order valence-corrected chi connectivity index (χ3v) is 5.53. The molecular formula is C15H24N2O3S. The number of benzene rings is 1. The van der Waals surface area contributed by atoms with Gasteiger partial charge in [-0.1, -0.05) is 24.1 Å². The molecule has 1 saturated heterocycles. The molecule has 1 fully saturated rings. The Bertz CT molecular complexity index is 581. The standard InChI is InChI=1S/C15H24N2O3S/c1-12-7-8-15(20-3)14(11-12)13(2)16-21(18,19)17-9-5-4-6-10-17/h7-8,11,13,16H,4-6,9-10H2,1-3H3. The lowest BCUT2D eigenvalue weighted by atomic mass is 10.1. The molecule has 5 nitrogen and oxygen atoms in total. The maximum Gasteiger partial charge on any atom is 0.279 e. The number of methoxy groups -OCH3 is 1. The molecule has 1 aromatic rings. The van der Waals surface area contributed by atoms with Crippen LogP contribution in [-0.2, 0) is 10.2 Å². The first kappa shape index (κ1) is 16.3. The van der Waals surface area contributed by atoms with E-state index < -0.39 is 10.2 Å². The zero-order valence-electron chi connectivity index (χ0n) is 12.9. The molecule has 0 amide bonds. The van der Waals surface area contributed by atoms with Gasteiger partial charge < -0.3 is 4.74 Å². The molecule has 0 radical (unpaired) electrons. The van der Waals surface area contributed by atoms with Gasteiger partial charge >= 0.3 is 0 Å². The maximum absolute atomic E-state index is 12.4. The third kappa shape index (κ3) is 3.96. The van der Waals surface area contributed by atoms with E-state index in [4.69, 9.17) is 4.74 Å². The van der Waals surface area contributed by atoms with Gasteiger partial charge in [0.1, 0.15) is 5.75 Å². The van der Waals surface area contributed by atoms with Crippen molar-refractivity contribution in [2.75, 3.05) is 20.2 Å². The first-order valence-electron chi connectivity index (χ1n) is 7.36. The van der Waals surface area contributed by atoms with Crippen molar-refractivity contribution in [3.63, 3.8) is 0 Å². The van der Waals surface area contributed by atoms with Crippen LogP contribution in [0, 0.1) is 6.92 Å². The van der Waals surface area contributed by atoms with E-state index >= 15 is 0 Å². The Kier molecular flexibility index (Phi) is 5.24. The minimum absolute atomic E-state index is 0.327. The molecule has 0 bridgehead atoms. The number of aryl methyl sites for hydroxylation is 1. The van der Waals surface area contributed by atoms with Gasteiger partial charge in [0.15, 0.2) is 0 Å². The Morgan fingerprint density at radius 2 is 1.90 bits per heavy atom. The first-order valence-corrected chi connectivity index (χ1v) is 8.80. The topological polar surface area (TPSA) is 58.6 Å². The van der Waals surface area contributed by atoms with Crippen LogP contribution in [0.1, 0.15) is 43.4 Å². The second-order valence-electron chi connectivity index (χ2n) is 5.55. The van der Waals surface area contributed by atoms with Gasteiger partial charge in [0.25, 0.3) is 10.2 Å². The van der Waals surface area contributed by atoms with Crippen LogP contribution < -0.4 is 9.46 Å². The van der Waals surface area contributed by atoms with E-state index in [1.165, 1.54) is 4.31 Å². The molecule has 1 atom stereocenters. The minimum atomic E-state index is -3.44. The van der Waals surface area contributed by atoms with E-state index in [0.29, 0.717) is 18.8 Å². The monoisotopic (exact) mass is 312 g/mol. The van der Waals surface area contributed by atoms with Crippen LogP contribution in [0.5, 0.6) is 5.75 Å². The van der Waals surface area contributed by atoms with Crippen molar-refractivity contribution in [3.05, 3.63) is 29.3 Å². The van der Waals surface area contributed by atoms with Gasteiger partial charge in [-0.2, -0.15) is 17.4 Å². The molecule has 0 aromatic heterocycles. The number of piperidine rings is 1. The molecule has 6 heteroatoms. The highest BCUT2D eigenvalue weighted by atomic mass is 32.2. The summed E-state index contributed by atoms with van der Waals surface area (Å²) in [6.45, 7) is 5.04. The summed E-state index contributed by atoms with van der Waals surface area (Å²) in [7, 11) is -1.84. The lowest BCUT2D eigenvalue weighted by Crippen LogP contribution is -2.44. The normalized spacial score (nSPS) is 18.4. The number of hydrogen-bond acceptors (Lipinski definition) is 3. The summed E-state index contributed by atoms with van der Waals surface area (Å²) < 4.78 is 34.5. The van der Waals surface area contributed by atoms with Gasteiger partial charge in [-0.3, -0.25) is 0 Å². The second-order valence-corrected chi connectivity index (χ2v) is 7.25. The van der Waals surface area contributed by atoms with E-state index in [1.54, 1.807) is 7.11 Å². The molecule has 118 valence electrons. The molecule has 2 rings (SSSR count). The molecule has 1 heterocycles. The van der Waals surface area contributed by atoms with Gasteiger partial charge in [-0.05, 0) is 32.8 Å². The molecule has 1 unspecified atom stereocenters. The summed E-state index contributed by atoms with van der Waals surface area (Å²) in [6, 6.07) is 5.46. The quantitative estimate of drug-likeness (QED) is 0.908. The van der Waals surface area contributed by atoms with Crippen molar-refractivity contribution in [3.8, 4) is 5.75 Å². The highest BCUT2D eigenvalue weighted by molar-refractivity contribution is 7.87. The van der Waals surface area contributed by atoms with Gasteiger partial charge in [-0.25, -0.2) is 0 Å². The smallest absolute Gasteiger partial charge is 0.279 e. The highest BCUT2D eigenvalue weighted by Gasteiger charge is 2.26. The molecule has 1 aliphatic heterocycles. The average molecular weight is 312 g/mol. The predicted octanol–water partition coefficient (Wildman–Crippen LogP) is 2.38. The summed E-state index contributed by atoms with van der Waals surface area (Å²) in [5.74, 6) is 0.703. The summed E-state index contributed by atoms with van der Waals surface area (Å²) in [5, 5.41) is 0. The number of hydrogen-bond donors (Lipinski definition) is 1. The van der Waals surface area contributed by atoms with Gasteiger partial charge in [0, 0.05) is 24.7 Å².